The minimum absolute atomic E-state index is 0.154. The van der Waals surface area contributed by atoms with Gasteiger partial charge in [-0.05, 0) is 49.6 Å². The zero-order valence-electron chi connectivity index (χ0n) is 14.9. The van der Waals surface area contributed by atoms with E-state index in [1.807, 2.05) is 36.1 Å². The number of carbonyl (C=O) groups is 1. The Morgan fingerprint density at radius 1 is 0.875 bits per heavy atom. The van der Waals surface area contributed by atoms with Crippen LogP contribution in [0.15, 0.2) is 42.5 Å². The van der Waals surface area contributed by atoms with E-state index in [0.29, 0.717) is 0 Å². The Kier molecular flexibility index (Phi) is 5.00. The lowest BCUT2D eigenvalue weighted by atomic mass is 10.1. The highest BCUT2D eigenvalue weighted by atomic mass is 16.2. The fourth-order valence-electron chi connectivity index (χ4n) is 3.15. The third-order valence-electron chi connectivity index (χ3n) is 4.94. The van der Waals surface area contributed by atoms with E-state index in [0.717, 1.165) is 38.3 Å². The summed E-state index contributed by atoms with van der Waals surface area (Å²) in [4.78, 5) is 17.0. The molecule has 0 atom stereocenters. The van der Waals surface area contributed by atoms with Crippen molar-refractivity contribution in [2.45, 2.75) is 27.3 Å². The molecule has 2 aromatic carbocycles. The molecule has 1 aliphatic rings. The molecule has 0 bridgehead atoms. The quantitative estimate of drug-likeness (QED) is 0.862. The maximum Gasteiger partial charge on any atom is 0.253 e. The number of piperazine rings is 1. The molecule has 3 rings (SSSR count). The van der Waals surface area contributed by atoms with E-state index in [1.165, 1.54) is 22.3 Å². The predicted molar refractivity (Wildman–Crippen MR) is 98.3 cm³/mol. The van der Waals surface area contributed by atoms with E-state index in [2.05, 4.69) is 36.9 Å². The second-order valence-corrected chi connectivity index (χ2v) is 6.85. The van der Waals surface area contributed by atoms with Crippen LogP contribution in [0.4, 0.5) is 0 Å². The Bertz CT molecular complexity index is 713. The predicted octanol–water partition coefficient (Wildman–Crippen LogP) is 3.57. The van der Waals surface area contributed by atoms with Crippen LogP contribution < -0.4 is 0 Å². The van der Waals surface area contributed by atoms with Crippen LogP contribution in [0.5, 0.6) is 0 Å². The standard InChI is InChI=1S/C21H26N2O/c1-16-4-8-20(9-5-16)21(24)23-12-10-22(11-13-23)15-19-7-6-17(2)18(3)14-19/h4-9,14H,10-13,15H2,1-3H3. The second-order valence-electron chi connectivity index (χ2n) is 6.85. The molecule has 0 saturated carbocycles. The number of aryl methyl sites for hydroxylation is 3. The van der Waals surface area contributed by atoms with Gasteiger partial charge in [0.15, 0.2) is 0 Å². The fourth-order valence-corrected chi connectivity index (χ4v) is 3.15. The van der Waals surface area contributed by atoms with Crippen molar-refractivity contribution >= 4 is 5.91 Å². The summed E-state index contributed by atoms with van der Waals surface area (Å²) in [6, 6.07) is 14.6. The van der Waals surface area contributed by atoms with E-state index in [-0.39, 0.29) is 5.91 Å². The third-order valence-corrected chi connectivity index (χ3v) is 4.94. The van der Waals surface area contributed by atoms with E-state index >= 15 is 0 Å². The lowest BCUT2D eigenvalue weighted by Crippen LogP contribution is -2.48. The number of amides is 1. The minimum Gasteiger partial charge on any atom is -0.336 e. The summed E-state index contributed by atoms with van der Waals surface area (Å²) < 4.78 is 0. The van der Waals surface area contributed by atoms with E-state index in [1.54, 1.807) is 0 Å². The first-order valence-electron chi connectivity index (χ1n) is 8.67. The Balaban J connectivity index is 1.56. The van der Waals surface area contributed by atoms with Crippen molar-refractivity contribution in [1.82, 2.24) is 9.80 Å². The van der Waals surface area contributed by atoms with E-state index in [4.69, 9.17) is 0 Å². The van der Waals surface area contributed by atoms with Crippen LogP contribution in [0.1, 0.15) is 32.6 Å². The first-order valence-corrected chi connectivity index (χ1v) is 8.67. The summed E-state index contributed by atoms with van der Waals surface area (Å²) in [7, 11) is 0. The molecule has 3 heteroatoms. The summed E-state index contributed by atoms with van der Waals surface area (Å²) in [5.41, 5.74) is 6.03. The van der Waals surface area contributed by atoms with Crippen LogP contribution in [0.2, 0.25) is 0 Å². The lowest BCUT2D eigenvalue weighted by molar-refractivity contribution is 0.0628. The monoisotopic (exact) mass is 322 g/mol. The van der Waals surface area contributed by atoms with Gasteiger partial charge in [-0.2, -0.15) is 0 Å². The zero-order chi connectivity index (χ0) is 17.1. The first-order chi connectivity index (χ1) is 11.5. The third kappa shape index (κ3) is 3.85. The molecule has 24 heavy (non-hydrogen) atoms. The fraction of sp³-hybridized carbons (Fsp3) is 0.381. The Morgan fingerprint density at radius 3 is 2.17 bits per heavy atom. The molecule has 2 aromatic rings. The van der Waals surface area contributed by atoms with Gasteiger partial charge in [0.1, 0.15) is 0 Å². The maximum absolute atomic E-state index is 12.6. The smallest absolute Gasteiger partial charge is 0.253 e. The molecule has 1 heterocycles. The van der Waals surface area contributed by atoms with Gasteiger partial charge in [-0.3, -0.25) is 9.69 Å². The molecule has 1 fully saturated rings. The van der Waals surface area contributed by atoms with Crippen LogP contribution in [-0.4, -0.2) is 41.9 Å². The highest BCUT2D eigenvalue weighted by Gasteiger charge is 2.22. The van der Waals surface area contributed by atoms with Crippen LogP contribution >= 0.6 is 0 Å². The van der Waals surface area contributed by atoms with Gasteiger partial charge in [-0.15, -0.1) is 0 Å². The number of carbonyl (C=O) groups excluding carboxylic acids is 1. The molecule has 0 N–H and O–H groups in total. The molecule has 1 aliphatic heterocycles. The van der Waals surface area contributed by atoms with Crippen LogP contribution in [0.3, 0.4) is 0 Å². The molecular formula is C21H26N2O. The van der Waals surface area contributed by atoms with Gasteiger partial charge in [0.25, 0.3) is 5.91 Å². The summed E-state index contributed by atoms with van der Waals surface area (Å²) in [5.74, 6) is 0.154. The number of benzene rings is 2. The maximum atomic E-state index is 12.6. The number of rotatable bonds is 3. The molecule has 0 unspecified atom stereocenters. The average molecular weight is 322 g/mol. The van der Waals surface area contributed by atoms with Gasteiger partial charge in [-0.1, -0.05) is 35.9 Å². The summed E-state index contributed by atoms with van der Waals surface area (Å²) >= 11 is 0. The number of hydrogen-bond donors (Lipinski definition) is 0. The molecule has 1 saturated heterocycles. The van der Waals surface area contributed by atoms with Crippen molar-refractivity contribution in [3.63, 3.8) is 0 Å². The lowest BCUT2D eigenvalue weighted by Gasteiger charge is -2.35. The molecule has 0 radical (unpaired) electrons. The molecule has 126 valence electrons. The van der Waals surface area contributed by atoms with Crippen LogP contribution in [0.25, 0.3) is 0 Å². The topological polar surface area (TPSA) is 23.6 Å². The summed E-state index contributed by atoms with van der Waals surface area (Å²) in [5, 5.41) is 0. The summed E-state index contributed by atoms with van der Waals surface area (Å²) in [6.07, 6.45) is 0. The van der Waals surface area contributed by atoms with Crippen molar-refractivity contribution in [2.75, 3.05) is 26.2 Å². The van der Waals surface area contributed by atoms with E-state index < -0.39 is 0 Å². The highest BCUT2D eigenvalue weighted by Crippen LogP contribution is 2.15. The van der Waals surface area contributed by atoms with Crippen molar-refractivity contribution in [1.29, 1.82) is 0 Å². The van der Waals surface area contributed by atoms with Gasteiger partial charge in [0.05, 0.1) is 0 Å². The van der Waals surface area contributed by atoms with Crippen molar-refractivity contribution < 1.29 is 4.79 Å². The van der Waals surface area contributed by atoms with Crippen molar-refractivity contribution in [2.24, 2.45) is 0 Å². The minimum atomic E-state index is 0.154. The van der Waals surface area contributed by atoms with Crippen molar-refractivity contribution in [3.05, 3.63) is 70.3 Å². The Hall–Kier alpha value is -2.13. The molecular weight excluding hydrogens is 296 g/mol. The zero-order valence-corrected chi connectivity index (χ0v) is 14.9. The first kappa shape index (κ1) is 16.7. The van der Waals surface area contributed by atoms with Crippen LogP contribution in [0, 0.1) is 20.8 Å². The van der Waals surface area contributed by atoms with Gasteiger partial charge >= 0.3 is 0 Å². The van der Waals surface area contributed by atoms with E-state index in [9.17, 15) is 4.79 Å². The van der Waals surface area contributed by atoms with Gasteiger partial charge in [-0.25, -0.2) is 0 Å². The van der Waals surface area contributed by atoms with Gasteiger partial charge in [0.2, 0.25) is 0 Å². The Morgan fingerprint density at radius 2 is 1.54 bits per heavy atom. The van der Waals surface area contributed by atoms with Crippen molar-refractivity contribution in [3.8, 4) is 0 Å². The SMILES string of the molecule is Cc1ccc(C(=O)N2CCN(Cc3ccc(C)c(C)c3)CC2)cc1. The molecule has 3 nitrogen and oxygen atoms in total. The summed E-state index contributed by atoms with van der Waals surface area (Å²) in [6.45, 7) is 10.8. The normalized spacial score (nSPS) is 15.5. The molecule has 0 aromatic heterocycles. The molecule has 1 amide bonds. The van der Waals surface area contributed by atoms with Gasteiger partial charge in [0, 0.05) is 38.3 Å². The molecule has 0 spiro atoms. The largest absolute Gasteiger partial charge is 0.336 e. The molecule has 0 aliphatic carbocycles. The highest BCUT2D eigenvalue weighted by molar-refractivity contribution is 5.94. The number of hydrogen-bond acceptors (Lipinski definition) is 2. The second kappa shape index (κ2) is 7.18. The van der Waals surface area contributed by atoms with Gasteiger partial charge < -0.3 is 4.90 Å². The number of nitrogens with zero attached hydrogens (tertiary/aromatic N) is 2. The average Bonchev–Trinajstić information content (AvgIpc) is 2.59. The van der Waals surface area contributed by atoms with Crippen LogP contribution in [-0.2, 0) is 6.54 Å². The Labute approximate surface area is 144 Å².